The number of alkyl halides is 3. The van der Waals surface area contributed by atoms with Crippen molar-refractivity contribution in [1.82, 2.24) is 4.90 Å². The first-order valence-electron chi connectivity index (χ1n) is 7.58. The van der Waals surface area contributed by atoms with Crippen LogP contribution in [0.4, 0.5) is 18.9 Å². The number of piperidine rings is 1. The van der Waals surface area contributed by atoms with Crippen molar-refractivity contribution in [3.8, 4) is 0 Å². The van der Waals surface area contributed by atoms with Gasteiger partial charge in [-0.3, -0.25) is 9.69 Å². The molecule has 1 N–H and O–H groups in total. The van der Waals surface area contributed by atoms with Gasteiger partial charge in [-0.1, -0.05) is 17.7 Å². The second-order valence-electron chi connectivity index (χ2n) is 5.93. The number of ether oxygens (including phenoxy) is 1. The maximum absolute atomic E-state index is 13.1. The highest BCUT2D eigenvalue weighted by molar-refractivity contribution is 6.31. The summed E-state index contributed by atoms with van der Waals surface area (Å²) in [6, 6.07) is 5.18. The molecule has 0 radical (unpaired) electrons. The number of methoxy groups -OCH3 is 1. The fourth-order valence-corrected chi connectivity index (χ4v) is 2.99. The van der Waals surface area contributed by atoms with Crippen molar-refractivity contribution in [2.45, 2.75) is 31.5 Å². The van der Waals surface area contributed by atoms with Crippen LogP contribution in [0.15, 0.2) is 18.2 Å². The van der Waals surface area contributed by atoms with Crippen molar-refractivity contribution >= 4 is 23.2 Å². The Balaban J connectivity index is 1.92. The zero-order valence-electron chi connectivity index (χ0n) is 13.5. The van der Waals surface area contributed by atoms with E-state index in [0.717, 1.165) is 12.7 Å². The third-order valence-corrected chi connectivity index (χ3v) is 4.89. The van der Waals surface area contributed by atoms with Gasteiger partial charge in [0.1, 0.15) is 0 Å². The number of benzene rings is 1. The summed E-state index contributed by atoms with van der Waals surface area (Å²) in [7, 11) is 1.08. The average Bonchev–Trinajstić information content (AvgIpc) is 2.51. The second kappa shape index (κ2) is 7.29. The minimum Gasteiger partial charge on any atom is -0.369 e. The molecule has 0 aliphatic carbocycles. The number of anilines is 1. The summed E-state index contributed by atoms with van der Waals surface area (Å²) in [5.41, 5.74) is -0.753. The number of rotatable bonds is 4. The Bertz CT molecular complexity index is 599. The number of amides is 1. The van der Waals surface area contributed by atoms with Gasteiger partial charge in [0.15, 0.2) is 5.60 Å². The quantitative estimate of drug-likeness (QED) is 0.887. The smallest absolute Gasteiger partial charge is 0.369 e. The normalized spacial score (nSPS) is 18.4. The zero-order valence-corrected chi connectivity index (χ0v) is 14.3. The van der Waals surface area contributed by atoms with Gasteiger partial charge in [-0.2, -0.15) is 13.2 Å². The molecule has 1 amide bonds. The molecule has 24 heavy (non-hydrogen) atoms. The lowest BCUT2D eigenvalue weighted by molar-refractivity contribution is -0.282. The molecule has 1 aliphatic heterocycles. The Morgan fingerprint density at radius 3 is 2.54 bits per heavy atom. The largest absolute Gasteiger partial charge is 0.417 e. The molecule has 4 nitrogen and oxygen atoms in total. The van der Waals surface area contributed by atoms with Gasteiger partial charge < -0.3 is 10.1 Å². The van der Waals surface area contributed by atoms with Gasteiger partial charge in [0.2, 0.25) is 5.91 Å². The highest BCUT2D eigenvalue weighted by Crippen LogP contribution is 2.41. The molecule has 0 aromatic heterocycles. The summed E-state index contributed by atoms with van der Waals surface area (Å²) in [5.74, 6) is -0.280. The predicted molar refractivity (Wildman–Crippen MR) is 86.3 cm³/mol. The zero-order chi connectivity index (χ0) is 18.0. The van der Waals surface area contributed by atoms with Crippen molar-refractivity contribution < 1.29 is 22.7 Å². The van der Waals surface area contributed by atoms with E-state index in [0.29, 0.717) is 10.7 Å². The molecule has 0 spiro atoms. The molecule has 0 atom stereocenters. The molecular formula is C16H20ClF3N2O2. The van der Waals surface area contributed by atoms with E-state index in [1.165, 1.54) is 0 Å². The number of hydrogen-bond acceptors (Lipinski definition) is 3. The maximum Gasteiger partial charge on any atom is 0.417 e. The van der Waals surface area contributed by atoms with Gasteiger partial charge in [0.05, 0.1) is 6.54 Å². The average molecular weight is 365 g/mol. The standard InChI is InChI=1S/C16H20ClF3N2O2/c1-11-12(17)4-3-5-13(11)21-14(23)10-22-8-6-15(24-2,7-9-22)16(18,19)20/h3-5H,6-10H2,1-2H3,(H,21,23). The van der Waals surface area contributed by atoms with Crippen LogP contribution in [-0.2, 0) is 9.53 Å². The Labute approximate surface area is 143 Å². The highest BCUT2D eigenvalue weighted by Gasteiger charge is 2.56. The van der Waals surface area contributed by atoms with Gasteiger partial charge in [-0.25, -0.2) is 0 Å². The van der Waals surface area contributed by atoms with E-state index in [1.807, 2.05) is 0 Å². The summed E-state index contributed by atoms with van der Waals surface area (Å²) in [4.78, 5) is 13.8. The lowest BCUT2D eigenvalue weighted by atomic mass is 9.90. The number of hydrogen-bond donors (Lipinski definition) is 1. The van der Waals surface area contributed by atoms with Gasteiger partial charge in [-0.15, -0.1) is 0 Å². The fraction of sp³-hybridized carbons (Fsp3) is 0.562. The molecule has 0 unspecified atom stereocenters. The molecule has 0 saturated carbocycles. The van der Waals surface area contributed by atoms with Crippen LogP contribution >= 0.6 is 11.6 Å². The fourth-order valence-electron chi connectivity index (χ4n) is 2.81. The molecule has 1 saturated heterocycles. The molecule has 1 aliphatic rings. The molecule has 1 aromatic carbocycles. The van der Waals surface area contributed by atoms with Crippen LogP contribution in [0.1, 0.15) is 18.4 Å². The number of carbonyl (C=O) groups excluding carboxylic acids is 1. The van der Waals surface area contributed by atoms with Crippen LogP contribution in [-0.4, -0.2) is 49.3 Å². The van der Waals surface area contributed by atoms with E-state index in [9.17, 15) is 18.0 Å². The maximum atomic E-state index is 13.1. The van der Waals surface area contributed by atoms with E-state index in [1.54, 1.807) is 30.0 Å². The Morgan fingerprint density at radius 2 is 2.00 bits per heavy atom. The van der Waals surface area contributed by atoms with Crippen LogP contribution in [0, 0.1) is 6.92 Å². The van der Waals surface area contributed by atoms with E-state index < -0.39 is 11.8 Å². The van der Waals surface area contributed by atoms with Gasteiger partial charge in [0, 0.05) is 30.9 Å². The predicted octanol–water partition coefficient (Wildman–Crippen LogP) is 3.63. The molecule has 8 heteroatoms. The SMILES string of the molecule is COC1(C(F)(F)F)CCN(CC(=O)Nc2cccc(Cl)c2C)CC1. The third-order valence-electron chi connectivity index (χ3n) is 4.48. The number of nitrogens with zero attached hydrogens (tertiary/aromatic N) is 1. The lowest BCUT2D eigenvalue weighted by Crippen LogP contribution is -2.55. The molecule has 1 heterocycles. The molecule has 1 fully saturated rings. The van der Waals surface area contributed by atoms with E-state index in [4.69, 9.17) is 16.3 Å². The minimum atomic E-state index is -4.41. The van der Waals surface area contributed by atoms with Crippen LogP contribution in [0.25, 0.3) is 0 Å². The Hall–Kier alpha value is -1.31. The third kappa shape index (κ3) is 4.02. The first-order chi connectivity index (χ1) is 11.2. The van der Waals surface area contributed by atoms with Crippen LogP contribution in [0.3, 0.4) is 0 Å². The Morgan fingerprint density at radius 1 is 1.38 bits per heavy atom. The monoisotopic (exact) mass is 364 g/mol. The summed E-state index contributed by atoms with van der Waals surface area (Å²) in [6.07, 6.45) is -4.78. The van der Waals surface area contributed by atoms with E-state index in [2.05, 4.69) is 5.32 Å². The Kier molecular flexibility index (Phi) is 5.78. The van der Waals surface area contributed by atoms with E-state index >= 15 is 0 Å². The summed E-state index contributed by atoms with van der Waals surface area (Å²) < 4.78 is 44.1. The van der Waals surface area contributed by atoms with Crippen LogP contribution in [0.5, 0.6) is 0 Å². The summed E-state index contributed by atoms with van der Waals surface area (Å²) in [5, 5.41) is 3.29. The lowest BCUT2D eigenvalue weighted by Gasteiger charge is -2.41. The van der Waals surface area contributed by atoms with E-state index in [-0.39, 0.29) is 38.4 Å². The summed E-state index contributed by atoms with van der Waals surface area (Å²) in [6.45, 7) is 2.11. The number of nitrogens with one attached hydrogen (secondary N) is 1. The summed E-state index contributed by atoms with van der Waals surface area (Å²) >= 11 is 6.00. The molecular weight excluding hydrogens is 345 g/mol. The van der Waals surface area contributed by atoms with Gasteiger partial charge in [0.25, 0.3) is 0 Å². The highest BCUT2D eigenvalue weighted by atomic mass is 35.5. The van der Waals surface area contributed by atoms with Crippen LogP contribution in [0.2, 0.25) is 5.02 Å². The van der Waals surface area contributed by atoms with Crippen molar-refractivity contribution in [1.29, 1.82) is 0 Å². The van der Waals surface area contributed by atoms with Crippen molar-refractivity contribution in [3.05, 3.63) is 28.8 Å². The number of likely N-dealkylation sites (tertiary alicyclic amines) is 1. The first kappa shape index (κ1) is 19.0. The molecule has 0 bridgehead atoms. The number of halogens is 4. The first-order valence-corrected chi connectivity index (χ1v) is 7.95. The molecule has 1 aromatic rings. The molecule has 2 rings (SSSR count). The van der Waals surface area contributed by atoms with Crippen molar-refractivity contribution in [2.75, 3.05) is 32.1 Å². The second-order valence-corrected chi connectivity index (χ2v) is 6.34. The van der Waals surface area contributed by atoms with Gasteiger partial charge in [-0.05, 0) is 37.5 Å². The van der Waals surface area contributed by atoms with Crippen molar-refractivity contribution in [3.63, 3.8) is 0 Å². The van der Waals surface area contributed by atoms with Gasteiger partial charge >= 0.3 is 6.18 Å². The number of carbonyl (C=O) groups is 1. The van der Waals surface area contributed by atoms with Crippen LogP contribution < -0.4 is 5.32 Å². The minimum absolute atomic E-state index is 0.0314. The van der Waals surface area contributed by atoms with Crippen molar-refractivity contribution in [2.24, 2.45) is 0 Å². The molecule has 134 valence electrons. The topological polar surface area (TPSA) is 41.6 Å².